The van der Waals surface area contributed by atoms with Crippen molar-refractivity contribution >= 4 is 17.6 Å². The van der Waals surface area contributed by atoms with E-state index in [0.29, 0.717) is 0 Å². The van der Waals surface area contributed by atoms with Gasteiger partial charge in [0.2, 0.25) is 0 Å². The lowest BCUT2D eigenvalue weighted by Gasteiger charge is -2.07. The van der Waals surface area contributed by atoms with Crippen molar-refractivity contribution in [2.24, 2.45) is 0 Å². The van der Waals surface area contributed by atoms with Crippen LogP contribution >= 0.6 is 11.6 Å². The highest BCUT2D eigenvalue weighted by Crippen LogP contribution is 2.12. The number of aromatic amines is 1. The Hall–Kier alpha value is -2.41. The van der Waals surface area contributed by atoms with Crippen molar-refractivity contribution in [3.8, 4) is 0 Å². The van der Waals surface area contributed by atoms with Crippen LogP contribution in [0.2, 0.25) is 5.02 Å². The molecular formula is C12H8ClFN2O4. The fourth-order valence-corrected chi connectivity index (χ4v) is 1.78. The third-order valence-electron chi connectivity index (χ3n) is 2.60. The maximum atomic E-state index is 13.6. The zero-order valence-corrected chi connectivity index (χ0v) is 10.6. The Bertz CT molecular complexity index is 797. The van der Waals surface area contributed by atoms with Crippen LogP contribution < -0.4 is 11.2 Å². The van der Waals surface area contributed by atoms with Gasteiger partial charge in [0.1, 0.15) is 10.8 Å². The maximum Gasteiger partial charge on any atom is 0.335 e. The van der Waals surface area contributed by atoms with E-state index in [1.807, 2.05) is 4.98 Å². The van der Waals surface area contributed by atoms with Crippen LogP contribution in [-0.4, -0.2) is 20.6 Å². The van der Waals surface area contributed by atoms with Crippen LogP contribution in [0.3, 0.4) is 0 Å². The van der Waals surface area contributed by atoms with Crippen LogP contribution in [0, 0.1) is 5.82 Å². The largest absolute Gasteiger partial charge is 0.478 e. The number of hydrogen-bond acceptors (Lipinski definition) is 3. The van der Waals surface area contributed by atoms with Gasteiger partial charge >= 0.3 is 11.7 Å². The number of carbonyl (C=O) groups is 1. The highest BCUT2D eigenvalue weighted by atomic mass is 35.5. The van der Waals surface area contributed by atoms with Crippen molar-refractivity contribution in [2.45, 2.75) is 6.54 Å². The monoisotopic (exact) mass is 298 g/mol. The van der Waals surface area contributed by atoms with Crippen LogP contribution in [-0.2, 0) is 6.54 Å². The summed E-state index contributed by atoms with van der Waals surface area (Å²) < 4.78 is 14.6. The fourth-order valence-electron chi connectivity index (χ4n) is 1.61. The second kappa shape index (κ2) is 5.30. The molecule has 0 spiro atoms. The van der Waals surface area contributed by atoms with Gasteiger partial charge in [-0.1, -0.05) is 11.6 Å². The molecule has 0 aliphatic carbocycles. The Morgan fingerprint density at radius 2 is 2.10 bits per heavy atom. The smallest absolute Gasteiger partial charge is 0.335 e. The first-order valence-corrected chi connectivity index (χ1v) is 5.77. The van der Waals surface area contributed by atoms with E-state index in [2.05, 4.69) is 0 Å². The summed E-state index contributed by atoms with van der Waals surface area (Å²) in [6, 6.07) is 3.23. The molecule has 2 rings (SSSR count). The summed E-state index contributed by atoms with van der Waals surface area (Å²) in [6.45, 7) is -0.248. The quantitative estimate of drug-likeness (QED) is 0.886. The molecule has 0 bridgehead atoms. The van der Waals surface area contributed by atoms with Crippen molar-refractivity contribution < 1.29 is 14.3 Å². The molecule has 8 heteroatoms. The summed E-state index contributed by atoms with van der Waals surface area (Å²) in [5, 5.41) is 8.62. The van der Waals surface area contributed by atoms with Crippen molar-refractivity contribution in [1.82, 2.24) is 9.55 Å². The summed E-state index contributed by atoms with van der Waals surface area (Å²) >= 11 is 5.58. The van der Waals surface area contributed by atoms with Gasteiger partial charge in [0.25, 0.3) is 5.56 Å². The van der Waals surface area contributed by atoms with Crippen LogP contribution in [0.5, 0.6) is 0 Å². The van der Waals surface area contributed by atoms with E-state index >= 15 is 0 Å². The van der Waals surface area contributed by atoms with E-state index in [9.17, 15) is 18.8 Å². The molecule has 1 aromatic heterocycles. The number of aromatic carboxylic acids is 1. The number of hydrogen-bond donors (Lipinski definition) is 2. The lowest BCUT2D eigenvalue weighted by molar-refractivity contribution is 0.0696. The number of aromatic nitrogens is 2. The Balaban J connectivity index is 2.47. The predicted octanol–water partition coefficient (Wildman–Crippen LogP) is 1.08. The third kappa shape index (κ3) is 2.77. The summed E-state index contributed by atoms with van der Waals surface area (Å²) in [4.78, 5) is 35.4. The minimum atomic E-state index is -1.21. The number of nitrogens with one attached hydrogen (secondary N) is 1. The maximum absolute atomic E-state index is 13.6. The van der Waals surface area contributed by atoms with Gasteiger partial charge in [-0.15, -0.1) is 0 Å². The average Bonchev–Trinajstić information content (AvgIpc) is 2.38. The minimum Gasteiger partial charge on any atom is -0.478 e. The average molecular weight is 299 g/mol. The number of carboxylic acids is 1. The Morgan fingerprint density at radius 1 is 1.40 bits per heavy atom. The first-order valence-electron chi connectivity index (χ1n) is 5.39. The Kier molecular flexibility index (Phi) is 3.71. The van der Waals surface area contributed by atoms with Crippen LogP contribution in [0.4, 0.5) is 4.39 Å². The van der Waals surface area contributed by atoms with E-state index in [-0.39, 0.29) is 22.7 Å². The highest BCUT2D eigenvalue weighted by molar-refractivity contribution is 6.30. The summed E-state index contributed by atoms with van der Waals surface area (Å²) in [7, 11) is 0. The molecule has 0 aliphatic rings. The lowest BCUT2D eigenvalue weighted by Crippen LogP contribution is -2.30. The number of halogens is 2. The SMILES string of the molecule is O=C(O)c1ccc(F)c(Cn2cc(Cl)c(=O)[nH]c2=O)c1. The van der Waals surface area contributed by atoms with E-state index in [1.165, 1.54) is 0 Å². The van der Waals surface area contributed by atoms with Gasteiger partial charge in [0.05, 0.1) is 12.1 Å². The first-order chi connectivity index (χ1) is 9.38. The molecule has 0 fully saturated rings. The molecule has 0 radical (unpaired) electrons. The van der Waals surface area contributed by atoms with Crippen LogP contribution in [0.1, 0.15) is 15.9 Å². The molecule has 20 heavy (non-hydrogen) atoms. The van der Waals surface area contributed by atoms with Gasteiger partial charge in [-0.25, -0.2) is 14.0 Å². The molecule has 0 saturated carbocycles. The normalized spacial score (nSPS) is 10.5. The zero-order chi connectivity index (χ0) is 14.9. The molecule has 1 aromatic carbocycles. The van der Waals surface area contributed by atoms with Crippen molar-refractivity contribution in [1.29, 1.82) is 0 Å². The van der Waals surface area contributed by atoms with Gasteiger partial charge < -0.3 is 5.11 Å². The number of carboxylic acid groups (broad SMARTS) is 1. The summed E-state index contributed by atoms with van der Waals surface area (Å²) in [5.74, 6) is -1.87. The molecule has 0 saturated heterocycles. The standard InChI is InChI=1S/C12H8ClFN2O4/c13-8-5-16(12(20)15-10(8)17)4-7-3-6(11(18)19)1-2-9(7)14/h1-3,5H,4H2,(H,18,19)(H,15,17,20). The topological polar surface area (TPSA) is 92.2 Å². The van der Waals surface area contributed by atoms with Gasteiger partial charge in [0.15, 0.2) is 0 Å². The molecule has 1 heterocycles. The molecule has 0 aliphatic heterocycles. The fraction of sp³-hybridized carbons (Fsp3) is 0.0833. The zero-order valence-electron chi connectivity index (χ0n) is 9.89. The van der Waals surface area contributed by atoms with Crippen LogP contribution in [0.15, 0.2) is 34.0 Å². The second-order valence-corrected chi connectivity index (χ2v) is 4.38. The van der Waals surface area contributed by atoms with E-state index < -0.39 is 23.0 Å². The number of rotatable bonds is 3. The van der Waals surface area contributed by atoms with E-state index in [4.69, 9.17) is 16.7 Å². The summed E-state index contributed by atoms with van der Waals surface area (Å²) in [5.41, 5.74) is -1.62. The second-order valence-electron chi connectivity index (χ2n) is 3.98. The number of benzene rings is 1. The Labute approximate surface area is 116 Å². The first kappa shape index (κ1) is 14.0. The number of nitrogens with zero attached hydrogens (tertiary/aromatic N) is 1. The molecule has 0 unspecified atom stereocenters. The molecule has 2 N–H and O–H groups in total. The molecule has 104 valence electrons. The van der Waals surface area contributed by atoms with Gasteiger partial charge in [0, 0.05) is 11.8 Å². The van der Waals surface area contributed by atoms with Gasteiger partial charge in [-0.2, -0.15) is 0 Å². The third-order valence-corrected chi connectivity index (χ3v) is 2.87. The molecule has 0 atom stereocenters. The predicted molar refractivity (Wildman–Crippen MR) is 68.8 cm³/mol. The Morgan fingerprint density at radius 3 is 2.75 bits per heavy atom. The molecule has 2 aromatic rings. The van der Waals surface area contributed by atoms with E-state index in [0.717, 1.165) is 29.0 Å². The van der Waals surface area contributed by atoms with Gasteiger partial charge in [-0.05, 0) is 18.2 Å². The van der Waals surface area contributed by atoms with Crippen molar-refractivity contribution in [3.63, 3.8) is 0 Å². The van der Waals surface area contributed by atoms with Gasteiger partial charge in [-0.3, -0.25) is 14.3 Å². The summed E-state index contributed by atoms with van der Waals surface area (Å²) in [6.07, 6.45) is 1.07. The molecular weight excluding hydrogens is 291 g/mol. The minimum absolute atomic E-state index is 0.00452. The lowest BCUT2D eigenvalue weighted by atomic mass is 10.1. The van der Waals surface area contributed by atoms with Crippen molar-refractivity contribution in [2.75, 3.05) is 0 Å². The van der Waals surface area contributed by atoms with E-state index in [1.54, 1.807) is 0 Å². The van der Waals surface area contributed by atoms with Crippen LogP contribution in [0.25, 0.3) is 0 Å². The number of H-pyrrole nitrogens is 1. The molecule has 6 nitrogen and oxygen atoms in total. The highest BCUT2D eigenvalue weighted by Gasteiger charge is 2.10. The molecule has 0 amide bonds. The van der Waals surface area contributed by atoms with Crippen molar-refractivity contribution in [3.05, 3.63) is 67.2 Å².